The molecule has 112 valence electrons. The molecule has 0 radical (unpaired) electrons. The van der Waals surface area contributed by atoms with E-state index in [1.165, 1.54) is 4.31 Å². The topological polar surface area (TPSA) is 63.4 Å². The molecule has 21 heavy (non-hydrogen) atoms. The maximum Gasteiger partial charge on any atom is 0.245 e. The molecular weight excluding hydrogens is 352 g/mol. The zero-order valence-corrected chi connectivity index (χ0v) is 14.3. The molecule has 2 aromatic rings. The van der Waals surface area contributed by atoms with Gasteiger partial charge < -0.3 is 5.73 Å². The first-order valence-corrected chi connectivity index (χ1v) is 8.61. The van der Waals surface area contributed by atoms with Gasteiger partial charge in [0.25, 0.3) is 0 Å². The van der Waals surface area contributed by atoms with Crippen LogP contribution in [-0.2, 0) is 16.6 Å². The standard InChI is InChI=1S/C15H17BrN2O2S/c1-11-7-8-15(14(17)9-11)21(19,20)18(2)10-12-5-3-4-6-13(12)16/h3-9H,10,17H2,1-2H3. The quantitative estimate of drug-likeness (QED) is 0.842. The molecule has 0 aromatic heterocycles. The third-order valence-corrected chi connectivity index (χ3v) is 5.86. The number of rotatable bonds is 4. The Balaban J connectivity index is 2.33. The molecule has 2 aromatic carbocycles. The molecule has 2 N–H and O–H groups in total. The van der Waals surface area contributed by atoms with Crippen molar-refractivity contribution in [1.29, 1.82) is 0 Å². The molecule has 0 unspecified atom stereocenters. The minimum atomic E-state index is -3.61. The van der Waals surface area contributed by atoms with E-state index in [0.29, 0.717) is 0 Å². The summed E-state index contributed by atoms with van der Waals surface area (Å²) in [4.78, 5) is 0.141. The van der Waals surface area contributed by atoms with Gasteiger partial charge in [-0.05, 0) is 36.2 Å². The maximum absolute atomic E-state index is 12.6. The SMILES string of the molecule is Cc1ccc(S(=O)(=O)N(C)Cc2ccccc2Br)c(N)c1. The number of sulfonamides is 1. The molecule has 2 rings (SSSR count). The lowest BCUT2D eigenvalue weighted by atomic mass is 10.2. The van der Waals surface area contributed by atoms with Crippen molar-refractivity contribution >= 4 is 31.6 Å². The van der Waals surface area contributed by atoms with E-state index in [1.807, 2.05) is 31.2 Å². The Labute approximate surface area is 133 Å². The van der Waals surface area contributed by atoms with Gasteiger partial charge in [-0.3, -0.25) is 0 Å². The number of nitrogens with zero attached hydrogens (tertiary/aromatic N) is 1. The molecule has 0 bridgehead atoms. The number of nitrogen functional groups attached to an aromatic ring is 1. The Hall–Kier alpha value is -1.37. The normalized spacial score (nSPS) is 11.8. The van der Waals surface area contributed by atoms with Gasteiger partial charge in [-0.15, -0.1) is 0 Å². The highest BCUT2D eigenvalue weighted by Gasteiger charge is 2.23. The molecule has 0 saturated heterocycles. The third kappa shape index (κ3) is 3.45. The fraction of sp³-hybridized carbons (Fsp3) is 0.200. The van der Waals surface area contributed by atoms with E-state index in [1.54, 1.807) is 25.2 Å². The monoisotopic (exact) mass is 368 g/mol. The van der Waals surface area contributed by atoms with Gasteiger partial charge >= 0.3 is 0 Å². The molecule has 0 saturated carbocycles. The molecule has 0 spiro atoms. The maximum atomic E-state index is 12.6. The fourth-order valence-electron chi connectivity index (χ4n) is 2.02. The number of aryl methyl sites for hydroxylation is 1. The summed E-state index contributed by atoms with van der Waals surface area (Å²) < 4.78 is 27.4. The molecule has 0 amide bonds. The van der Waals surface area contributed by atoms with Crippen molar-refractivity contribution in [1.82, 2.24) is 4.31 Å². The van der Waals surface area contributed by atoms with Crippen molar-refractivity contribution in [3.05, 3.63) is 58.1 Å². The predicted molar refractivity (Wildman–Crippen MR) is 88.4 cm³/mol. The van der Waals surface area contributed by atoms with Crippen molar-refractivity contribution in [3.63, 3.8) is 0 Å². The summed E-state index contributed by atoms with van der Waals surface area (Å²) in [5.74, 6) is 0. The largest absolute Gasteiger partial charge is 0.398 e. The lowest BCUT2D eigenvalue weighted by molar-refractivity contribution is 0.466. The smallest absolute Gasteiger partial charge is 0.245 e. The Kier molecular flexibility index (Phi) is 4.70. The Morgan fingerprint density at radius 1 is 1.19 bits per heavy atom. The highest BCUT2D eigenvalue weighted by Crippen LogP contribution is 2.25. The molecule has 4 nitrogen and oxygen atoms in total. The zero-order chi connectivity index (χ0) is 15.6. The molecule has 0 aliphatic rings. The average Bonchev–Trinajstić information content (AvgIpc) is 2.40. The van der Waals surface area contributed by atoms with Gasteiger partial charge in [0.05, 0.1) is 5.69 Å². The summed E-state index contributed by atoms with van der Waals surface area (Å²) in [5.41, 5.74) is 7.95. The van der Waals surface area contributed by atoms with Gasteiger partial charge in [0, 0.05) is 18.1 Å². The Morgan fingerprint density at radius 2 is 1.86 bits per heavy atom. The van der Waals surface area contributed by atoms with Crippen molar-refractivity contribution in [2.45, 2.75) is 18.4 Å². The third-order valence-electron chi connectivity index (χ3n) is 3.20. The molecule has 0 heterocycles. The van der Waals surface area contributed by atoms with E-state index in [4.69, 9.17) is 5.73 Å². The summed E-state index contributed by atoms with van der Waals surface area (Å²) in [6.07, 6.45) is 0. The van der Waals surface area contributed by atoms with Crippen LogP contribution in [0.3, 0.4) is 0 Å². The van der Waals surface area contributed by atoms with Crippen molar-refractivity contribution < 1.29 is 8.42 Å². The van der Waals surface area contributed by atoms with Gasteiger partial charge in [-0.1, -0.05) is 40.2 Å². The molecular formula is C15H17BrN2O2S. The average molecular weight is 369 g/mol. The summed E-state index contributed by atoms with van der Waals surface area (Å²) in [5, 5.41) is 0. The van der Waals surface area contributed by atoms with Crippen molar-refractivity contribution in [3.8, 4) is 0 Å². The van der Waals surface area contributed by atoms with Gasteiger partial charge in [-0.25, -0.2) is 8.42 Å². The first-order chi connectivity index (χ1) is 9.82. The minimum Gasteiger partial charge on any atom is -0.398 e. The van der Waals surface area contributed by atoms with Crippen molar-refractivity contribution in [2.75, 3.05) is 12.8 Å². The summed E-state index contributed by atoms with van der Waals surface area (Å²) in [6.45, 7) is 2.15. The lowest BCUT2D eigenvalue weighted by Crippen LogP contribution is -2.27. The van der Waals surface area contributed by atoms with E-state index >= 15 is 0 Å². The highest BCUT2D eigenvalue weighted by molar-refractivity contribution is 9.10. The summed E-state index contributed by atoms with van der Waals surface area (Å²) in [7, 11) is -2.06. The second-order valence-electron chi connectivity index (χ2n) is 4.89. The number of nitrogens with two attached hydrogens (primary N) is 1. The molecule has 6 heteroatoms. The van der Waals surface area contributed by atoms with Crippen LogP contribution in [0.15, 0.2) is 51.8 Å². The molecule has 0 fully saturated rings. The highest BCUT2D eigenvalue weighted by atomic mass is 79.9. The van der Waals surface area contributed by atoms with Gasteiger partial charge in [-0.2, -0.15) is 4.31 Å². The van der Waals surface area contributed by atoms with E-state index in [0.717, 1.165) is 15.6 Å². The van der Waals surface area contributed by atoms with E-state index < -0.39 is 10.0 Å². The van der Waals surface area contributed by atoms with Crippen LogP contribution in [0.1, 0.15) is 11.1 Å². The predicted octanol–water partition coefficient (Wildman–Crippen LogP) is 3.16. The lowest BCUT2D eigenvalue weighted by Gasteiger charge is -2.19. The number of hydrogen-bond donors (Lipinski definition) is 1. The van der Waals surface area contributed by atoms with E-state index in [-0.39, 0.29) is 17.1 Å². The zero-order valence-electron chi connectivity index (χ0n) is 11.9. The fourth-order valence-corrected chi connectivity index (χ4v) is 3.67. The van der Waals surface area contributed by atoms with E-state index in [2.05, 4.69) is 15.9 Å². The van der Waals surface area contributed by atoms with Crippen LogP contribution in [-0.4, -0.2) is 19.8 Å². The van der Waals surface area contributed by atoms with Gasteiger partial charge in [0.2, 0.25) is 10.0 Å². The van der Waals surface area contributed by atoms with Gasteiger partial charge in [0.1, 0.15) is 4.90 Å². The van der Waals surface area contributed by atoms with Gasteiger partial charge in [0.15, 0.2) is 0 Å². The second kappa shape index (κ2) is 6.17. The minimum absolute atomic E-state index is 0.141. The summed E-state index contributed by atoms with van der Waals surface area (Å²) >= 11 is 3.43. The number of hydrogen-bond acceptors (Lipinski definition) is 3. The number of benzene rings is 2. The Morgan fingerprint density at radius 3 is 2.48 bits per heavy atom. The van der Waals surface area contributed by atoms with Crippen LogP contribution < -0.4 is 5.73 Å². The van der Waals surface area contributed by atoms with Crippen molar-refractivity contribution in [2.24, 2.45) is 0 Å². The van der Waals surface area contributed by atoms with E-state index in [9.17, 15) is 8.42 Å². The van der Waals surface area contributed by atoms with Crippen LogP contribution in [0.2, 0.25) is 0 Å². The molecule has 0 aliphatic carbocycles. The number of halogens is 1. The number of anilines is 1. The van der Waals surface area contributed by atoms with Crippen LogP contribution in [0.4, 0.5) is 5.69 Å². The van der Waals surface area contributed by atoms with Crippen LogP contribution >= 0.6 is 15.9 Å². The van der Waals surface area contributed by atoms with Crippen LogP contribution in [0, 0.1) is 6.92 Å². The first-order valence-electron chi connectivity index (χ1n) is 6.38. The molecule has 0 atom stereocenters. The van der Waals surface area contributed by atoms with Crippen LogP contribution in [0.5, 0.6) is 0 Å². The second-order valence-corrected chi connectivity index (χ2v) is 7.76. The first kappa shape index (κ1) is 16.0. The molecule has 0 aliphatic heterocycles. The van der Waals surface area contributed by atoms with Crippen LogP contribution in [0.25, 0.3) is 0 Å². The Bertz CT molecular complexity index is 760. The summed E-state index contributed by atoms with van der Waals surface area (Å²) in [6, 6.07) is 12.5.